The number of hydrogen-bond donors (Lipinski definition) is 1. The van der Waals surface area contributed by atoms with Gasteiger partial charge in [-0.15, -0.1) is 11.3 Å². The van der Waals surface area contributed by atoms with E-state index in [1.54, 1.807) is 0 Å². The highest BCUT2D eigenvalue weighted by Crippen LogP contribution is 2.26. The van der Waals surface area contributed by atoms with Gasteiger partial charge >= 0.3 is 0 Å². The number of aliphatic hydroxyl groups excluding tert-OH is 1. The van der Waals surface area contributed by atoms with Crippen LogP contribution >= 0.6 is 11.3 Å². The lowest BCUT2D eigenvalue weighted by Gasteiger charge is -2.35. The summed E-state index contributed by atoms with van der Waals surface area (Å²) in [6.45, 7) is 5.11. The van der Waals surface area contributed by atoms with Crippen molar-refractivity contribution in [3.8, 4) is 0 Å². The molecular weight excluding hydrogens is 294 g/mol. The van der Waals surface area contributed by atoms with Crippen LogP contribution in [0.2, 0.25) is 0 Å². The van der Waals surface area contributed by atoms with Gasteiger partial charge in [0.2, 0.25) is 0 Å². The average molecular weight is 317 g/mol. The van der Waals surface area contributed by atoms with Gasteiger partial charge < -0.3 is 10.0 Å². The second kappa shape index (κ2) is 6.77. The standard InChI is InChI=1S/C17H23N3OS/c1-13-5-6-15(22-13)10-20-9-7-14(12-21)19(2)17-4-3-8-18-16(17)11-20/h3-6,8,14,21H,7,9-12H2,1-2H3. The first-order valence-electron chi connectivity index (χ1n) is 7.72. The van der Waals surface area contributed by atoms with Crippen molar-refractivity contribution in [1.29, 1.82) is 0 Å². The second-order valence-electron chi connectivity index (χ2n) is 5.93. The normalized spacial score (nSPS) is 19.6. The van der Waals surface area contributed by atoms with Crippen molar-refractivity contribution >= 4 is 17.0 Å². The number of fused-ring (bicyclic) bond motifs is 1. The smallest absolute Gasteiger partial charge is 0.0776 e. The number of aromatic nitrogens is 1. The molecule has 3 rings (SSSR count). The highest BCUT2D eigenvalue weighted by molar-refractivity contribution is 7.11. The molecule has 118 valence electrons. The topological polar surface area (TPSA) is 39.6 Å². The van der Waals surface area contributed by atoms with Gasteiger partial charge in [0, 0.05) is 42.6 Å². The van der Waals surface area contributed by atoms with Gasteiger partial charge in [0.05, 0.1) is 24.0 Å². The maximum atomic E-state index is 9.70. The first-order chi connectivity index (χ1) is 10.7. The lowest BCUT2D eigenvalue weighted by atomic mass is 10.1. The summed E-state index contributed by atoms with van der Waals surface area (Å²) < 4.78 is 0. The van der Waals surface area contributed by atoms with Crippen LogP contribution in [-0.2, 0) is 13.1 Å². The van der Waals surface area contributed by atoms with E-state index in [-0.39, 0.29) is 12.6 Å². The van der Waals surface area contributed by atoms with Crippen molar-refractivity contribution < 1.29 is 5.11 Å². The average Bonchev–Trinajstić information content (AvgIpc) is 2.91. The molecule has 5 heteroatoms. The van der Waals surface area contributed by atoms with Crippen LogP contribution in [0.4, 0.5) is 5.69 Å². The molecule has 0 aromatic carbocycles. The van der Waals surface area contributed by atoms with Crippen LogP contribution in [0.25, 0.3) is 0 Å². The van der Waals surface area contributed by atoms with Crippen molar-refractivity contribution in [3.63, 3.8) is 0 Å². The van der Waals surface area contributed by atoms with Gasteiger partial charge in [-0.2, -0.15) is 0 Å². The minimum atomic E-state index is 0.149. The van der Waals surface area contributed by atoms with Crippen LogP contribution in [-0.4, -0.2) is 41.2 Å². The molecular formula is C17H23N3OS. The summed E-state index contributed by atoms with van der Waals surface area (Å²) >= 11 is 1.86. The van der Waals surface area contributed by atoms with Crippen molar-refractivity contribution in [2.24, 2.45) is 0 Å². The number of aliphatic hydroxyl groups is 1. The summed E-state index contributed by atoms with van der Waals surface area (Å²) in [5, 5.41) is 9.70. The van der Waals surface area contributed by atoms with E-state index < -0.39 is 0 Å². The summed E-state index contributed by atoms with van der Waals surface area (Å²) in [6, 6.07) is 8.62. The van der Waals surface area contributed by atoms with E-state index in [0.29, 0.717) is 0 Å². The molecule has 0 bridgehead atoms. The number of anilines is 1. The molecule has 1 N–H and O–H groups in total. The van der Waals surface area contributed by atoms with Gasteiger partial charge in [0.1, 0.15) is 0 Å². The van der Waals surface area contributed by atoms with Crippen LogP contribution in [0.3, 0.4) is 0 Å². The van der Waals surface area contributed by atoms with Crippen LogP contribution < -0.4 is 4.90 Å². The van der Waals surface area contributed by atoms with E-state index in [1.807, 2.05) is 23.6 Å². The van der Waals surface area contributed by atoms with E-state index in [2.05, 4.69) is 47.0 Å². The molecule has 1 aliphatic heterocycles. The lowest BCUT2D eigenvalue weighted by molar-refractivity contribution is 0.205. The zero-order chi connectivity index (χ0) is 15.5. The number of aryl methyl sites for hydroxylation is 1. The zero-order valence-electron chi connectivity index (χ0n) is 13.2. The number of rotatable bonds is 3. The second-order valence-corrected chi connectivity index (χ2v) is 7.30. The quantitative estimate of drug-likeness (QED) is 0.945. The third-order valence-corrected chi connectivity index (χ3v) is 5.32. The molecule has 22 heavy (non-hydrogen) atoms. The van der Waals surface area contributed by atoms with Crippen molar-refractivity contribution in [1.82, 2.24) is 9.88 Å². The molecule has 0 saturated heterocycles. The Balaban J connectivity index is 1.84. The summed E-state index contributed by atoms with van der Waals surface area (Å²) in [4.78, 5) is 11.9. The Morgan fingerprint density at radius 1 is 1.36 bits per heavy atom. The molecule has 0 fully saturated rings. The van der Waals surface area contributed by atoms with Crippen LogP contribution in [0.1, 0.15) is 21.9 Å². The van der Waals surface area contributed by atoms with Crippen LogP contribution in [0.5, 0.6) is 0 Å². The van der Waals surface area contributed by atoms with E-state index in [0.717, 1.165) is 37.4 Å². The minimum Gasteiger partial charge on any atom is -0.394 e. The van der Waals surface area contributed by atoms with Crippen LogP contribution in [0.15, 0.2) is 30.5 Å². The molecule has 0 radical (unpaired) electrons. The number of hydrogen-bond acceptors (Lipinski definition) is 5. The molecule has 4 nitrogen and oxygen atoms in total. The highest BCUT2D eigenvalue weighted by Gasteiger charge is 2.23. The fourth-order valence-corrected chi connectivity index (χ4v) is 3.96. The van der Waals surface area contributed by atoms with Gasteiger partial charge in [0.25, 0.3) is 0 Å². The molecule has 1 aliphatic rings. The Morgan fingerprint density at radius 2 is 2.23 bits per heavy atom. The van der Waals surface area contributed by atoms with Crippen molar-refractivity contribution in [2.45, 2.75) is 32.5 Å². The third kappa shape index (κ3) is 3.32. The maximum Gasteiger partial charge on any atom is 0.0776 e. The largest absolute Gasteiger partial charge is 0.394 e. The summed E-state index contributed by atoms with van der Waals surface area (Å²) in [7, 11) is 2.06. The van der Waals surface area contributed by atoms with E-state index in [1.165, 1.54) is 9.75 Å². The van der Waals surface area contributed by atoms with E-state index >= 15 is 0 Å². The number of likely N-dealkylation sites (N-methyl/N-ethyl adjacent to an activating group) is 1. The molecule has 2 aromatic rings. The summed E-state index contributed by atoms with van der Waals surface area (Å²) in [5.41, 5.74) is 2.23. The Bertz CT molecular complexity index is 628. The Kier molecular flexibility index (Phi) is 4.76. The van der Waals surface area contributed by atoms with Crippen LogP contribution in [0, 0.1) is 6.92 Å². The van der Waals surface area contributed by atoms with Crippen molar-refractivity contribution in [3.05, 3.63) is 45.9 Å². The van der Waals surface area contributed by atoms with Gasteiger partial charge in [0.15, 0.2) is 0 Å². The molecule has 1 atom stereocenters. The SMILES string of the molecule is Cc1ccc(CN2CCC(CO)N(C)c3cccnc3C2)s1. The Labute approximate surface area is 136 Å². The van der Waals surface area contributed by atoms with Gasteiger partial charge in [-0.25, -0.2) is 0 Å². The first kappa shape index (κ1) is 15.5. The molecule has 3 heterocycles. The zero-order valence-corrected chi connectivity index (χ0v) is 14.0. The molecule has 0 saturated carbocycles. The van der Waals surface area contributed by atoms with Crippen molar-refractivity contribution in [2.75, 3.05) is 25.1 Å². The maximum absolute atomic E-state index is 9.70. The predicted octanol–water partition coefficient (Wildman–Crippen LogP) is 2.65. The Morgan fingerprint density at radius 3 is 2.95 bits per heavy atom. The molecule has 2 aromatic heterocycles. The number of thiophene rings is 1. The van der Waals surface area contributed by atoms with Gasteiger partial charge in [-0.1, -0.05) is 0 Å². The number of nitrogens with zero attached hydrogens (tertiary/aromatic N) is 3. The fraction of sp³-hybridized carbons (Fsp3) is 0.471. The molecule has 0 amide bonds. The molecule has 0 spiro atoms. The fourth-order valence-electron chi connectivity index (χ4n) is 3.02. The summed E-state index contributed by atoms with van der Waals surface area (Å²) in [5.74, 6) is 0. The summed E-state index contributed by atoms with van der Waals surface area (Å²) in [6.07, 6.45) is 2.82. The van der Waals surface area contributed by atoms with E-state index in [9.17, 15) is 5.11 Å². The lowest BCUT2D eigenvalue weighted by Crippen LogP contribution is -2.41. The highest BCUT2D eigenvalue weighted by atomic mass is 32.1. The number of pyridine rings is 1. The van der Waals surface area contributed by atoms with Gasteiger partial charge in [-0.05, 0) is 37.6 Å². The monoisotopic (exact) mass is 317 g/mol. The molecule has 0 aliphatic carbocycles. The van der Waals surface area contributed by atoms with E-state index in [4.69, 9.17) is 0 Å². The predicted molar refractivity (Wildman–Crippen MR) is 91.3 cm³/mol. The first-order valence-corrected chi connectivity index (χ1v) is 8.54. The minimum absolute atomic E-state index is 0.149. The van der Waals surface area contributed by atoms with Gasteiger partial charge in [-0.3, -0.25) is 9.88 Å². The third-order valence-electron chi connectivity index (χ3n) is 4.33. The molecule has 1 unspecified atom stereocenters. The Hall–Kier alpha value is -1.43.